The molecule has 0 aliphatic carbocycles. The van der Waals surface area contributed by atoms with Gasteiger partial charge in [-0.3, -0.25) is 4.79 Å². The van der Waals surface area contributed by atoms with Crippen molar-refractivity contribution in [2.75, 3.05) is 26.7 Å². The van der Waals surface area contributed by atoms with Gasteiger partial charge in [0.25, 0.3) is 5.91 Å². The predicted molar refractivity (Wildman–Crippen MR) is 101 cm³/mol. The molecule has 3 aromatic rings. The zero-order valence-corrected chi connectivity index (χ0v) is 14.7. The molecule has 0 saturated carbocycles. The Kier molecular flexibility index (Phi) is 4.54. The van der Waals surface area contributed by atoms with Crippen molar-refractivity contribution in [1.29, 1.82) is 0 Å². The molecule has 2 heterocycles. The number of piperazine rings is 1. The van der Waals surface area contributed by atoms with E-state index in [0.29, 0.717) is 12.2 Å². The quantitative estimate of drug-likeness (QED) is 0.791. The second-order valence-electron chi connectivity index (χ2n) is 6.38. The Morgan fingerprint density at radius 3 is 2.73 bits per heavy atom. The number of rotatable bonds is 3. The number of ether oxygens (including phenoxy) is 1. The first-order valence-corrected chi connectivity index (χ1v) is 8.78. The standard InChI is InChI=1S/C21H21N3O2/c1-26-17-9-6-16(7-10-17)20-14-22-12-13-24(20)21(25)19-11-8-15-4-2-3-5-18(15)23-19/h2-11,20,22H,12-14H2,1H3/t20-/m1/s1. The van der Waals surface area contributed by atoms with Crippen LogP contribution in [0.15, 0.2) is 60.7 Å². The lowest BCUT2D eigenvalue weighted by molar-refractivity contribution is 0.0628. The second kappa shape index (κ2) is 7.14. The van der Waals surface area contributed by atoms with Crippen LogP contribution in [0.5, 0.6) is 5.75 Å². The lowest BCUT2D eigenvalue weighted by Crippen LogP contribution is -2.48. The molecular weight excluding hydrogens is 326 g/mol. The van der Waals surface area contributed by atoms with Crippen molar-refractivity contribution >= 4 is 16.8 Å². The molecule has 0 bridgehead atoms. The number of benzene rings is 2. The Bertz CT molecular complexity index is 924. The summed E-state index contributed by atoms with van der Waals surface area (Å²) in [5.41, 5.74) is 2.42. The lowest BCUT2D eigenvalue weighted by atomic mass is 10.0. The molecule has 4 rings (SSSR count). The number of amides is 1. The van der Waals surface area contributed by atoms with Crippen molar-refractivity contribution in [2.24, 2.45) is 0 Å². The molecule has 1 saturated heterocycles. The summed E-state index contributed by atoms with van der Waals surface area (Å²) >= 11 is 0. The number of hydrogen-bond donors (Lipinski definition) is 1. The van der Waals surface area contributed by atoms with Gasteiger partial charge >= 0.3 is 0 Å². The van der Waals surface area contributed by atoms with Crippen molar-refractivity contribution in [2.45, 2.75) is 6.04 Å². The van der Waals surface area contributed by atoms with Crippen molar-refractivity contribution < 1.29 is 9.53 Å². The molecular formula is C21H21N3O2. The third-order valence-electron chi connectivity index (χ3n) is 4.82. The molecule has 0 unspecified atom stereocenters. The molecule has 0 radical (unpaired) electrons. The van der Waals surface area contributed by atoms with Gasteiger partial charge in [0.05, 0.1) is 18.7 Å². The number of aromatic nitrogens is 1. The topological polar surface area (TPSA) is 54.5 Å². The third kappa shape index (κ3) is 3.13. The van der Waals surface area contributed by atoms with Gasteiger partial charge < -0.3 is 15.0 Å². The number of carbonyl (C=O) groups excluding carboxylic acids is 1. The van der Waals surface area contributed by atoms with Crippen LogP contribution in [0, 0.1) is 0 Å². The van der Waals surface area contributed by atoms with E-state index in [2.05, 4.69) is 10.3 Å². The highest BCUT2D eigenvalue weighted by molar-refractivity contribution is 5.95. The number of carbonyl (C=O) groups is 1. The van der Waals surface area contributed by atoms with Gasteiger partial charge in [-0.2, -0.15) is 0 Å². The van der Waals surface area contributed by atoms with E-state index in [0.717, 1.165) is 35.3 Å². The maximum atomic E-state index is 13.2. The largest absolute Gasteiger partial charge is 0.497 e. The molecule has 2 aromatic carbocycles. The summed E-state index contributed by atoms with van der Waals surface area (Å²) in [6, 6.07) is 19.5. The maximum Gasteiger partial charge on any atom is 0.273 e. The summed E-state index contributed by atoms with van der Waals surface area (Å²) < 4.78 is 5.23. The molecule has 5 heteroatoms. The Balaban J connectivity index is 1.64. The molecule has 5 nitrogen and oxygen atoms in total. The minimum atomic E-state index is -0.0296. The first kappa shape index (κ1) is 16.5. The van der Waals surface area contributed by atoms with Crippen LogP contribution in [-0.4, -0.2) is 42.5 Å². The van der Waals surface area contributed by atoms with Gasteiger partial charge in [0, 0.05) is 25.0 Å². The molecule has 1 fully saturated rings. The van der Waals surface area contributed by atoms with Crippen LogP contribution in [0.2, 0.25) is 0 Å². The van der Waals surface area contributed by atoms with Gasteiger partial charge in [0.2, 0.25) is 0 Å². The normalized spacial score (nSPS) is 17.3. The van der Waals surface area contributed by atoms with Crippen LogP contribution in [0.3, 0.4) is 0 Å². The van der Waals surface area contributed by atoms with E-state index < -0.39 is 0 Å². The molecule has 1 aliphatic rings. The Hall–Kier alpha value is -2.92. The highest BCUT2D eigenvalue weighted by Gasteiger charge is 2.29. The van der Waals surface area contributed by atoms with Crippen molar-refractivity contribution in [3.63, 3.8) is 0 Å². The summed E-state index contributed by atoms with van der Waals surface area (Å²) in [7, 11) is 1.65. The lowest BCUT2D eigenvalue weighted by Gasteiger charge is -2.36. The molecule has 1 N–H and O–H groups in total. The van der Waals surface area contributed by atoms with E-state index in [1.165, 1.54) is 0 Å². The van der Waals surface area contributed by atoms with E-state index in [1.54, 1.807) is 7.11 Å². The highest BCUT2D eigenvalue weighted by Crippen LogP contribution is 2.26. The second-order valence-corrected chi connectivity index (χ2v) is 6.38. The molecule has 26 heavy (non-hydrogen) atoms. The first-order valence-electron chi connectivity index (χ1n) is 8.78. The molecule has 0 spiro atoms. The SMILES string of the molecule is COc1ccc([C@H]2CNCCN2C(=O)c2ccc3ccccc3n2)cc1. The fourth-order valence-corrected chi connectivity index (χ4v) is 3.40. The van der Waals surface area contributed by atoms with Crippen LogP contribution < -0.4 is 10.1 Å². The summed E-state index contributed by atoms with van der Waals surface area (Å²) in [6.45, 7) is 2.17. The minimum Gasteiger partial charge on any atom is -0.497 e. The van der Waals surface area contributed by atoms with E-state index in [9.17, 15) is 4.79 Å². The number of para-hydroxylation sites is 1. The molecule has 1 atom stereocenters. The number of hydrogen-bond acceptors (Lipinski definition) is 4. The van der Waals surface area contributed by atoms with Crippen molar-refractivity contribution in [3.05, 3.63) is 71.9 Å². The van der Waals surface area contributed by atoms with Crippen LogP contribution in [0.1, 0.15) is 22.1 Å². The van der Waals surface area contributed by atoms with Gasteiger partial charge in [-0.1, -0.05) is 36.4 Å². The minimum absolute atomic E-state index is 0.0181. The van der Waals surface area contributed by atoms with Gasteiger partial charge in [0.1, 0.15) is 11.4 Å². The van der Waals surface area contributed by atoms with Crippen LogP contribution in [0.4, 0.5) is 0 Å². The highest BCUT2D eigenvalue weighted by atomic mass is 16.5. The number of pyridine rings is 1. The number of nitrogens with zero attached hydrogens (tertiary/aromatic N) is 2. The zero-order valence-electron chi connectivity index (χ0n) is 14.7. The Morgan fingerprint density at radius 2 is 1.92 bits per heavy atom. The van der Waals surface area contributed by atoms with Crippen LogP contribution in [-0.2, 0) is 0 Å². The average Bonchev–Trinajstić information content (AvgIpc) is 2.73. The van der Waals surface area contributed by atoms with E-state index in [-0.39, 0.29) is 11.9 Å². The monoisotopic (exact) mass is 347 g/mol. The summed E-state index contributed by atoms with van der Waals surface area (Å²) in [6.07, 6.45) is 0. The van der Waals surface area contributed by atoms with Crippen LogP contribution in [0.25, 0.3) is 10.9 Å². The average molecular weight is 347 g/mol. The van der Waals surface area contributed by atoms with Gasteiger partial charge in [-0.25, -0.2) is 4.98 Å². The van der Waals surface area contributed by atoms with Crippen LogP contribution >= 0.6 is 0 Å². The van der Waals surface area contributed by atoms with Crippen molar-refractivity contribution in [3.8, 4) is 5.75 Å². The predicted octanol–water partition coefficient (Wildman–Crippen LogP) is 3.03. The fourth-order valence-electron chi connectivity index (χ4n) is 3.40. The summed E-state index contributed by atoms with van der Waals surface area (Å²) in [5.74, 6) is 0.782. The number of methoxy groups -OCH3 is 1. The van der Waals surface area contributed by atoms with E-state index >= 15 is 0 Å². The summed E-state index contributed by atoms with van der Waals surface area (Å²) in [5, 5.41) is 4.42. The van der Waals surface area contributed by atoms with Gasteiger partial charge in [-0.05, 0) is 29.8 Å². The Labute approximate surface area is 152 Å². The van der Waals surface area contributed by atoms with Crippen molar-refractivity contribution in [1.82, 2.24) is 15.2 Å². The molecule has 1 amide bonds. The van der Waals surface area contributed by atoms with E-state index in [1.807, 2.05) is 65.6 Å². The maximum absolute atomic E-state index is 13.2. The Morgan fingerprint density at radius 1 is 1.12 bits per heavy atom. The first-order chi connectivity index (χ1) is 12.8. The van der Waals surface area contributed by atoms with Gasteiger partial charge in [0.15, 0.2) is 0 Å². The number of nitrogens with one attached hydrogen (secondary N) is 1. The smallest absolute Gasteiger partial charge is 0.273 e. The summed E-state index contributed by atoms with van der Waals surface area (Å²) in [4.78, 5) is 19.6. The third-order valence-corrected chi connectivity index (χ3v) is 4.82. The molecule has 1 aliphatic heterocycles. The zero-order chi connectivity index (χ0) is 17.9. The fraction of sp³-hybridized carbons (Fsp3) is 0.238. The number of fused-ring (bicyclic) bond motifs is 1. The van der Waals surface area contributed by atoms with E-state index in [4.69, 9.17) is 4.74 Å². The molecule has 1 aromatic heterocycles. The molecule has 132 valence electrons. The van der Waals surface area contributed by atoms with Gasteiger partial charge in [-0.15, -0.1) is 0 Å².